The summed E-state index contributed by atoms with van der Waals surface area (Å²) in [5, 5.41) is 0. The molecule has 0 aliphatic carbocycles. The highest BCUT2D eigenvalue weighted by molar-refractivity contribution is 8.26. The van der Waals surface area contributed by atoms with Crippen LogP contribution in [0.4, 0.5) is 0 Å². The molecule has 0 atom stereocenters. The number of thiocarbonyl (C=S) groups is 1. The van der Waals surface area contributed by atoms with Gasteiger partial charge in [0.05, 0.1) is 24.8 Å². The number of benzene rings is 1. The molecule has 2 saturated heterocycles. The number of amides is 1. The summed E-state index contributed by atoms with van der Waals surface area (Å²) in [6, 6.07) is 8.38. The first-order valence-corrected chi connectivity index (χ1v) is 9.73. The number of carbonyl (C=O) groups is 1. The number of hydrogen-bond acceptors (Lipinski definition) is 5. The fraction of sp³-hybridized carbons (Fsp3) is 0.474. The maximum absolute atomic E-state index is 12.7. The molecular formula is C19H24N2O2S2. The van der Waals surface area contributed by atoms with Gasteiger partial charge in [0.15, 0.2) is 0 Å². The zero-order chi connectivity index (χ0) is 18.0. The van der Waals surface area contributed by atoms with E-state index in [9.17, 15) is 4.79 Å². The van der Waals surface area contributed by atoms with Gasteiger partial charge >= 0.3 is 0 Å². The highest BCUT2D eigenvalue weighted by atomic mass is 32.2. The number of ether oxygens (including phenoxy) is 1. The molecule has 3 rings (SSSR count). The van der Waals surface area contributed by atoms with Crippen LogP contribution >= 0.6 is 24.0 Å². The summed E-state index contributed by atoms with van der Waals surface area (Å²) in [7, 11) is 0. The number of thioether (sulfide) groups is 1. The summed E-state index contributed by atoms with van der Waals surface area (Å²) in [6.45, 7) is 10.2. The fourth-order valence-corrected chi connectivity index (χ4v) is 4.04. The average molecular weight is 377 g/mol. The van der Waals surface area contributed by atoms with E-state index in [1.165, 1.54) is 17.3 Å². The number of hydrogen-bond donors (Lipinski definition) is 0. The van der Waals surface area contributed by atoms with Crippen LogP contribution in [0.2, 0.25) is 0 Å². The maximum Gasteiger partial charge on any atom is 0.267 e. The molecule has 6 heteroatoms. The Labute approximate surface area is 159 Å². The Morgan fingerprint density at radius 1 is 1.20 bits per heavy atom. The Morgan fingerprint density at radius 2 is 1.84 bits per heavy atom. The van der Waals surface area contributed by atoms with Gasteiger partial charge < -0.3 is 4.74 Å². The van der Waals surface area contributed by atoms with Gasteiger partial charge in [-0.3, -0.25) is 14.6 Å². The molecule has 25 heavy (non-hydrogen) atoms. The normalized spacial score (nSPS) is 21.4. The summed E-state index contributed by atoms with van der Waals surface area (Å²) in [5.41, 5.74) is 2.43. The van der Waals surface area contributed by atoms with Gasteiger partial charge in [0.25, 0.3) is 5.91 Å². The first kappa shape index (κ1) is 18.6. The molecule has 1 amide bonds. The van der Waals surface area contributed by atoms with E-state index in [1.54, 1.807) is 4.90 Å². The van der Waals surface area contributed by atoms with Crippen LogP contribution in [-0.4, -0.2) is 53.0 Å². The molecule has 134 valence electrons. The summed E-state index contributed by atoms with van der Waals surface area (Å²) < 4.78 is 5.99. The summed E-state index contributed by atoms with van der Waals surface area (Å²) >= 11 is 6.80. The highest BCUT2D eigenvalue weighted by Gasteiger charge is 2.33. The molecule has 2 aliphatic rings. The van der Waals surface area contributed by atoms with Crippen LogP contribution in [0, 0.1) is 0 Å². The molecule has 0 aromatic heterocycles. The van der Waals surface area contributed by atoms with Gasteiger partial charge in [-0.1, -0.05) is 69.0 Å². The zero-order valence-corrected chi connectivity index (χ0v) is 16.6. The average Bonchev–Trinajstić information content (AvgIpc) is 2.83. The van der Waals surface area contributed by atoms with E-state index in [0.29, 0.717) is 29.1 Å². The molecule has 2 fully saturated rings. The number of carbonyl (C=O) groups excluding carboxylic acids is 1. The molecule has 4 nitrogen and oxygen atoms in total. The van der Waals surface area contributed by atoms with Crippen molar-refractivity contribution in [1.29, 1.82) is 0 Å². The smallest absolute Gasteiger partial charge is 0.267 e. The zero-order valence-electron chi connectivity index (χ0n) is 14.9. The van der Waals surface area contributed by atoms with E-state index in [2.05, 4.69) is 49.9 Å². The Bertz CT molecular complexity index is 686. The number of morpholine rings is 1. The van der Waals surface area contributed by atoms with E-state index in [0.717, 1.165) is 18.7 Å². The summed E-state index contributed by atoms with van der Waals surface area (Å²) in [5.74, 6) is 0.00129. The van der Waals surface area contributed by atoms with Crippen molar-refractivity contribution in [3.05, 3.63) is 40.3 Å². The first-order chi connectivity index (χ1) is 11.8. The Hall–Kier alpha value is -1.21. The van der Waals surface area contributed by atoms with Crippen molar-refractivity contribution in [2.75, 3.05) is 33.0 Å². The molecular weight excluding hydrogens is 352 g/mol. The predicted octanol–water partition coefficient (Wildman–Crippen LogP) is 3.48. The third kappa shape index (κ3) is 4.50. The minimum Gasteiger partial charge on any atom is -0.379 e. The van der Waals surface area contributed by atoms with Crippen LogP contribution in [-0.2, 0) is 14.9 Å². The van der Waals surface area contributed by atoms with Crippen LogP contribution in [0.5, 0.6) is 0 Å². The lowest BCUT2D eigenvalue weighted by molar-refractivity contribution is -0.124. The standard InChI is InChI=1S/C19H24N2O2S2/c1-19(2,3)15-6-4-14(5-7-15)12-16-17(22)21(18(24)25-16)13-20-8-10-23-11-9-20/h4-7,12H,8-11,13H2,1-3H3/b16-12-. The SMILES string of the molecule is CC(C)(C)c1ccc(/C=C2\SC(=S)N(CN3CCOCC3)C2=O)cc1. The molecule has 0 N–H and O–H groups in total. The van der Waals surface area contributed by atoms with Gasteiger partial charge in [-0.2, -0.15) is 0 Å². The van der Waals surface area contributed by atoms with E-state index < -0.39 is 0 Å². The Morgan fingerprint density at radius 3 is 2.44 bits per heavy atom. The molecule has 0 radical (unpaired) electrons. The molecule has 0 spiro atoms. The maximum atomic E-state index is 12.7. The second-order valence-corrected chi connectivity index (χ2v) is 9.03. The second-order valence-electron chi connectivity index (χ2n) is 7.35. The fourth-order valence-electron chi connectivity index (χ4n) is 2.80. The van der Waals surface area contributed by atoms with E-state index in [1.807, 2.05) is 6.08 Å². The predicted molar refractivity (Wildman–Crippen MR) is 107 cm³/mol. The van der Waals surface area contributed by atoms with E-state index in [-0.39, 0.29) is 11.3 Å². The van der Waals surface area contributed by atoms with Crippen molar-refractivity contribution in [3.8, 4) is 0 Å². The quantitative estimate of drug-likeness (QED) is 0.596. The molecule has 0 bridgehead atoms. The Kier molecular flexibility index (Phi) is 5.63. The van der Waals surface area contributed by atoms with Gasteiger partial charge in [-0.05, 0) is 22.6 Å². The second kappa shape index (κ2) is 7.58. The highest BCUT2D eigenvalue weighted by Crippen LogP contribution is 2.33. The number of nitrogens with zero attached hydrogens (tertiary/aromatic N) is 2. The van der Waals surface area contributed by atoms with Gasteiger partial charge in [0.1, 0.15) is 4.32 Å². The van der Waals surface area contributed by atoms with Crippen LogP contribution in [0.1, 0.15) is 31.9 Å². The van der Waals surface area contributed by atoms with Crippen LogP contribution in [0.25, 0.3) is 6.08 Å². The van der Waals surface area contributed by atoms with Crippen molar-refractivity contribution in [3.63, 3.8) is 0 Å². The van der Waals surface area contributed by atoms with Gasteiger partial charge in [0.2, 0.25) is 0 Å². The third-order valence-corrected chi connectivity index (χ3v) is 5.77. The lowest BCUT2D eigenvalue weighted by Crippen LogP contribution is -2.45. The molecule has 0 saturated carbocycles. The van der Waals surface area contributed by atoms with Crippen molar-refractivity contribution in [2.45, 2.75) is 26.2 Å². The van der Waals surface area contributed by atoms with Crippen LogP contribution in [0.15, 0.2) is 29.2 Å². The molecule has 1 aromatic rings. The molecule has 0 unspecified atom stereocenters. The lowest BCUT2D eigenvalue weighted by atomic mass is 9.87. The van der Waals surface area contributed by atoms with E-state index >= 15 is 0 Å². The summed E-state index contributed by atoms with van der Waals surface area (Å²) in [6.07, 6.45) is 1.94. The van der Waals surface area contributed by atoms with Gasteiger partial charge in [-0.15, -0.1) is 0 Å². The van der Waals surface area contributed by atoms with Gasteiger partial charge in [-0.25, -0.2) is 0 Å². The molecule has 2 aliphatic heterocycles. The minimum atomic E-state index is 0.00129. The monoisotopic (exact) mass is 376 g/mol. The third-order valence-electron chi connectivity index (χ3n) is 4.39. The van der Waals surface area contributed by atoms with Gasteiger partial charge in [0, 0.05) is 13.1 Å². The largest absolute Gasteiger partial charge is 0.379 e. The molecule has 2 heterocycles. The first-order valence-electron chi connectivity index (χ1n) is 8.50. The van der Waals surface area contributed by atoms with Crippen molar-refractivity contribution < 1.29 is 9.53 Å². The number of rotatable bonds is 3. The lowest BCUT2D eigenvalue weighted by Gasteiger charge is -2.29. The van der Waals surface area contributed by atoms with Crippen molar-refractivity contribution >= 4 is 40.3 Å². The minimum absolute atomic E-state index is 0.00129. The Balaban J connectivity index is 1.71. The topological polar surface area (TPSA) is 32.8 Å². The van der Waals surface area contributed by atoms with E-state index in [4.69, 9.17) is 17.0 Å². The van der Waals surface area contributed by atoms with Crippen LogP contribution < -0.4 is 0 Å². The summed E-state index contributed by atoms with van der Waals surface area (Å²) in [4.78, 5) is 17.3. The van der Waals surface area contributed by atoms with Crippen molar-refractivity contribution in [1.82, 2.24) is 9.80 Å². The van der Waals surface area contributed by atoms with Crippen LogP contribution in [0.3, 0.4) is 0 Å². The van der Waals surface area contributed by atoms with Crippen molar-refractivity contribution in [2.24, 2.45) is 0 Å². The molecule has 1 aromatic carbocycles.